The molecule has 0 aromatic rings. The highest BCUT2D eigenvalue weighted by Gasteiger charge is 2.22. The van der Waals surface area contributed by atoms with Crippen molar-refractivity contribution >= 4 is 0 Å². The average molecular weight is 240 g/mol. The Labute approximate surface area is 108 Å². The van der Waals surface area contributed by atoms with Gasteiger partial charge in [-0.2, -0.15) is 0 Å². The maximum atomic E-state index is 3.65. The van der Waals surface area contributed by atoms with Crippen LogP contribution in [0.3, 0.4) is 0 Å². The fourth-order valence-electron chi connectivity index (χ4n) is 2.80. The Kier molecular flexibility index (Phi) is 7.87. The highest BCUT2D eigenvalue weighted by atomic mass is 15.1. The van der Waals surface area contributed by atoms with E-state index in [1.54, 1.807) is 0 Å². The van der Waals surface area contributed by atoms with Gasteiger partial charge in [-0.3, -0.25) is 0 Å². The van der Waals surface area contributed by atoms with Crippen LogP contribution in [0, 0.1) is 5.92 Å². The summed E-state index contributed by atoms with van der Waals surface area (Å²) >= 11 is 0. The lowest BCUT2D eigenvalue weighted by Crippen LogP contribution is -2.42. The molecule has 0 aliphatic carbocycles. The predicted octanol–water partition coefficient (Wildman–Crippen LogP) is 3.28. The molecular weight excluding hydrogens is 208 g/mol. The first kappa shape index (κ1) is 15.0. The van der Waals surface area contributed by atoms with Crippen LogP contribution in [0.5, 0.6) is 0 Å². The molecule has 0 aromatic heterocycles. The summed E-state index contributed by atoms with van der Waals surface area (Å²) in [6.45, 7) is 12.1. The lowest BCUT2D eigenvalue weighted by Gasteiger charge is -2.35. The number of nitrogens with one attached hydrogen (secondary N) is 1. The van der Waals surface area contributed by atoms with E-state index in [0.717, 1.165) is 5.92 Å². The van der Waals surface area contributed by atoms with Crippen molar-refractivity contribution in [2.75, 3.05) is 26.2 Å². The lowest BCUT2D eigenvalue weighted by atomic mass is 9.90. The van der Waals surface area contributed by atoms with Gasteiger partial charge in [0.25, 0.3) is 0 Å². The van der Waals surface area contributed by atoms with Crippen molar-refractivity contribution in [2.45, 2.75) is 65.3 Å². The van der Waals surface area contributed by atoms with Crippen LogP contribution in [-0.4, -0.2) is 37.1 Å². The molecule has 1 saturated heterocycles. The quantitative estimate of drug-likeness (QED) is 0.655. The van der Waals surface area contributed by atoms with Crippen molar-refractivity contribution in [3.63, 3.8) is 0 Å². The van der Waals surface area contributed by atoms with E-state index >= 15 is 0 Å². The van der Waals surface area contributed by atoms with E-state index < -0.39 is 0 Å². The molecule has 17 heavy (non-hydrogen) atoms. The van der Waals surface area contributed by atoms with Gasteiger partial charge in [-0.05, 0) is 64.7 Å². The van der Waals surface area contributed by atoms with Crippen LogP contribution in [0.1, 0.15) is 59.3 Å². The van der Waals surface area contributed by atoms with Crippen molar-refractivity contribution in [3.8, 4) is 0 Å². The fourth-order valence-corrected chi connectivity index (χ4v) is 2.80. The number of likely N-dealkylation sites (tertiary alicyclic amines) is 1. The number of piperidine rings is 1. The first-order chi connectivity index (χ1) is 8.27. The molecular formula is C15H32N2. The second-order valence-electron chi connectivity index (χ2n) is 5.63. The second-order valence-corrected chi connectivity index (χ2v) is 5.63. The Morgan fingerprint density at radius 3 is 2.41 bits per heavy atom. The Morgan fingerprint density at radius 1 is 1.12 bits per heavy atom. The Bertz CT molecular complexity index is 174. The molecule has 1 aliphatic heterocycles. The highest BCUT2D eigenvalue weighted by Crippen LogP contribution is 2.20. The van der Waals surface area contributed by atoms with Crippen LogP contribution in [0.4, 0.5) is 0 Å². The van der Waals surface area contributed by atoms with Crippen LogP contribution in [0.2, 0.25) is 0 Å². The van der Waals surface area contributed by atoms with E-state index in [9.17, 15) is 0 Å². The van der Waals surface area contributed by atoms with Crippen molar-refractivity contribution < 1.29 is 0 Å². The minimum atomic E-state index is 0.716. The van der Waals surface area contributed by atoms with Crippen molar-refractivity contribution in [1.82, 2.24) is 10.2 Å². The first-order valence-electron chi connectivity index (χ1n) is 7.73. The molecule has 102 valence electrons. The summed E-state index contributed by atoms with van der Waals surface area (Å²) in [6, 6.07) is 0.716. The summed E-state index contributed by atoms with van der Waals surface area (Å²) in [6.07, 6.45) is 8.17. The summed E-state index contributed by atoms with van der Waals surface area (Å²) in [5, 5.41) is 3.65. The lowest BCUT2D eigenvalue weighted by molar-refractivity contribution is 0.160. The van der Waals surface area contributed by atoms with Crippen LogP contribution in [-0.2, 0) is 0 Å². The Balaban J connectivity index is 2.12. The fraction of sp³-hybridized carbons (Fsp3) is 1.00. The minimum absolute atomic E-state index is 0.716. The monoisotopic (exact) mass is 240 g/mol. The highest BCUT2D eigenvalue weighted by molar-refractivity contribution is 4.79. The number of unbranched alkanes of at least 4 members (excludes halogenated alkanes) is 2. The van der Waals surface area contributed by atoms with Crippen LogP contribution >= 0.6 is 0 Å². The Morgan fingerprint density at radius 2 is 1.82 bits per heavy atom. The van der Waals surface area contributed by atoms with Crippen molar-refractivity contribution in [2.24, 2.45) is 5.92 Å². The van der Waals surface area contributed by atoms with Gasteiger partial charge in [-0.15, -0.1) is 0 Å². The zero-order valence-electron chi connectivity index (χ0n) is 12.2. The number of hydrogen-bond donors (Lipinski definition) is 1. The molecule has 1 atom stereocenters. The Hall–Kier alpha value is -0.0800. The molecule has 0 spiro atoms. The minimum Gasteiger partial charge on any atom is -0.314 e. The standard InChI is InChI=1S/C15H32N2/c1-4-6-7-11-17-12-8-15(9-13-17)14(3)16-10-5-2/h14-16H,4-13H2,1-3H3. The van der Waals surface area contributed by atoms with Gasteiger partial charge >= 0.3 is 0 Å². The number of rotatable bonds is 8. The largest absolute Gasteiger partial charge is 0.314 e. The molecule has 1 fully saturated rings. The molecule has 1 unspecified atom stereocenters. The molecule has 1 aliphatic rings. The van der Waals surface area contributed by atoms with Gasteiger partial charge in [0.05, 0.1) is 0 Å². The smallest absolute Gasteiger partial charge is 0.00679 e. The molecule has 1 heterocycles. The molecule has 0 amide bonds. The third kappa shape index (κ3) is 5.87. The number of hydrogen-bond acceptors (Lipinski definition) is 2. The topological polar surface area (TPSA) is 15.3 Å². The van der Waals surface area contributed by atoms with Gasteiger partial charge in [0.2, 0.25) is 0 Å². The van der Waals surface area contributed by atoms with Gasteiger partial charge in [0.15, 0.2) is 0 Å². The third-order valence-electron chi connectivity index (χ3n) is 4.13. The molecule has 0 bridgehead atoms. The summed E-state index contributed by atoms with van der Waals surface area (Å²) < 4.78 is 0. The summed E-state index contributed by atoms with van der Waals surface area (Å²) in [7, 11) is 0. The summed E-state index contributed by atoms with van der Waals surface area (Å²) in [5.41, 5.74) is 0. The second kappa shape index (κ2) is 8.93. The maximum absolute atomic E-state index is 3.65. The van der Waals surface area contributed by atoms with Gasteiger partial charge < -0.3 is 10.2 Å². The molecule has 1 N–H and O–H groups in total. The van der Waals surface area contributed by atoms with Crippen LogP contribution < -0.4 is 5.32 Å². The summed E-state index contributed by atoms with van der Waals surface area (Å²) in [4.78, 5) is 2.67. The average Bonchev–Trinajstić information content (AvgIpc) is 2.37. The predicted molar refractivity (Wildman–Crippen MR) is 76.4 cm³/mol. The van der Waals surface area contributed by atoms with Gasteiger partial charge in [0.1, 0.15) is 0 Å². The van der Waals surface area contributed by atoms with Crippen molar-refractivity contribution in [1.29, 1.82) is 0 Å². The van der Waals surface area contributed by atoms with Crippen LogP contribution in [0.15, 0.2) is 0 Å². The van der Waals surface area contributed by atoms with E-state index in [-0.39, 0.29) is 0 Å². The van der Waals surface area contributed by atoms with E-state index in [4.69, 9.17) is 0 Å². The molecule has 0 radical (unpaired) electrons. The molecule has 2 nitrogen and oxygen atoms in total. The molecule has 0 aromatic carbocycles. The van der Waals surface area contributed by atoms with E-state index in [1.807, 2.05) is 0 Å². The van der Waals surface area contributed by atoms with Gasteiger partial charge in [-0.25, -0.2) is 0 Å². The molecule has 1 rings (SSSR count). The van der Waals surface area contributed by atoms with E-state index in [1.165, 1.54) is 64.7 Å². The zero-order chi connectivity index (χ0) is 12.5. The van der Waals surface area contributed by atoms with E-state index in [2.05, 4.69) is 31.0 Å². The SMILES string of the molecule is CCCCCN1CCC(C(C)NCCC)CC1. The third-order valence-corrected chi connectivity index (χ3v) is 4.13. The first-order valence-corrected chi connectivity index (χ1v) is 7.73. The van der Waals surface area contributed by atoms with Crippen LogP contribution in [0.25, 0.3) is 0 Å². The molecule has 0 saturated carbocycles. The normalized spacial score (nSPS) is 20.6. The van der Waals surface area contributed by atoms with Gasteiger partial charge in [-0.1, -0.05) is 26.7 Å². The summed E-state index contributed by atoms with van der Waals surface area (Å²) in [5.74, 6) is 0.906. The van der Waals surface area contributed by atoms with Gasteiger partial charge in [0, 0.05) is 6.04 Å². The molecule has 2 heteroatoms. The maximum Gasteiger partial charge on any atom is 0.00679 e. The number of nitrogens with zero attached hydrogens (tertiary/aromatic N) is 1. The zero-order valence-corrected chi connectivity index (χ0v) is 12.2. The van der Waals surface area contributed by atoms with Crippen molar-refractivity contribution in [3.05, 3.63) is 0 Å². The van der Waals surface area contributed by atoms with E-state index in [0.29, 0.717) is 6.04 Å².